The number of benzene rings is 3. The van der Waals surface area contributed by atoms with Crippen LogP contribution in [0, 0.1) is 0 Å². The summed E-state index contributed by atoms with van der Waals surface area (Å²) in [5.41, 5.74) is 5.92. The van der Waals surface area contributed by atoms with Crippen LogP contribution in [0.4, 0.5) is 19.0 Å². The Morgan fingerprint density at radius 2 is 1.76 bits per heavy atom. The van der Waals surface area contributed by atoms with E-state index in [9.17, 15) is 22.8 Å². The number of rotatable bonds is 9. The number of nitrogens with two attached hydrogens (primary N) is 1. The molecule has 1 atom stereocenters. The van der Waals surface area contributed by atoms with Crippen LogP contribution in [0.3, 0.4) is 0 Å². The molecule has 0 aliphatic carbocycles. The third kappa shape index (κ3) is 7.23. The van der Waals surface area contributed by atoms with E-state index in [0.29, 0.717) is 10.7 Å². The van der Waals surface area contributed by atoms with Crippen LogP contribution in [-0.2, 0) is 17.6 Å². The van der Waals surface area contributed by atoms with E-state index in [0.717, 1.165) is 23.3 Å². The first kappa shape index (κ1) is 31.5. The molecule has 0 saturated carbocycles. The van der Waals surface area contributed by atoms with Crippen LogP contribution in [0.5, 0.6) is 6.01 Å². The highest BCUT2D eigenvalue weighted by molar-refractivity contribution is 6.30. The summed E-state index contributed by atoms with van der Waals surface area (Å²) in [5.74, 6) is -1.63. The van der Waals surface area contributed by atoms with Gasteiger partial charge in [-0.1, -0.05) is 66.2 Å². The van der Waals surface area contributed by atoms with E-state index in [1.807, 2.05) is 42.5 Å². The van der Waals surface area contributed by atoms with Crippen molar-refractivity contribution < 1.29 is 27.5 Å². The highest BCUT2D eigenvalue weighted by Crippen LogP contribution is 2.34. The van der Waals surface area contributed by atoms with Crippen LogP contribution in [0.25, 0.3) is 0 Å². The summed E-state index contributed by atoms with van der Waals surface area (Å²) in [6.07, 6.45) is -3.30. The van der Waals surface area contributed by atoms with Gasteiger partial charge >= 0.3 is 12.2 Å². The van der Waals surface area contributed by atoms with Gasteiger partial charge in [-0.3, -0.25) is 9.59 Å². The number of alkyl halides is 3. The molecule has 4 aromatic rings. The molecule has 13 heteroatoms. The van der Waals surface area contributed by atoms with Crippen molar-refractivity contribution >= 4 is 34.9 Å². The normalized spacial score (nSPS) is 15.0. The van der Waals surface area contributed by atoms with E-state index < -0.39 is 29.1 Å². The standard InChI is InChI=1S/C32H28ClF3N6O3/c1-31(2,29(37)44)40-28(43)24-16-38-30(45-18-19-7-6-10-22(15-19)32(34,35)36)39-27(24)42-17-25(20-8-4-3-5-9-20)26(41-42)21-11-13-23(33)14-12-21/h3-16,25H,17-18H2,1-2H3,(H2,37,44)(H,40,43). The molecule has 232 valence electrons. The zero-order chi connectivity index (χ0) is 32.4. The summed E-state index contributed by atoms with van der Waals surface area (Å²) < 4.78 is 45.3. The quantitative estimate of drug-likeness (QED) is 0.242. The molecule has 0 bridgehead atoms. The lowest BCUT2D eigenvalue weighted by atomic mass is 9.90. The molecule has 0 saturated heterocycles. The lowest BCUT2D eigenvalue weighted by molar-refractivity contribution is -0.137. The van der Waals surface area contributed by atoms with Crippen molar-refractivity contribution in [2.45, 2.75) is 38.1 Å². The van der Waals surface area contributed by atoms with Gasteiger partial charge in [-0.15, -0.1) is 0 Å². The lowest BCUT2D eigenvalue weighted by Crippen LogP contribution is -2.53. The van der Waals surface area contributed by atoms with Crippen LogP contribution < -0.4 is 20.8 Å². The average molecular weight is 637 g/mol. The predicted octanol–water partition coefficient (Wildman–Crippen LogP) is 5.73. The Balaban J connectivity index is 1.54. The number of anilines is 1. The number of nitrogens with one attached hydrogen (secondary N) is 1. The van der Waals surface area contributed by atoms with E-state index >= 15 is 0 Å². The Hall–Kier alpha value is -4.97. The second kappa shape index (κ2) is 12.6. The number of hydrogen-bond donors (Lipinski definition) is 2. The van der Waals surface area contributed by atoms with E-state index in [1.165, 1.54) is 37.2 Å². The number of halogens is 4. The van der Waals surface area contributed by atoms with Gasteiger partial charge in [-0.25, -0.2) is 9.99 Å². The van der Waals surface area contributed by atoms with E-state index in [4.69, 9.17) is 27.2 Å². The Morgan fingerprint density at radius 1 is 1.04 bits per heavy atom. The number of hydrogen-bond acceptors (Lipinski definition) is 7. The maximum absolute atomic E-state index is 13.5. The molecule has 2 heterocycles. The summed E-state index contributed by atoms with van der Waals surface area (Å²) in [5, 5.41) is 9.54. The third-order valence-electron chi connectivity index (χ3n) is 7.16. The Kier molecular flexibility index (Phi) is 8.78. The van der Waals surface area contributed by atoms with Gasteiger partial charge in [0, 0.05) is 17.1 Å². The van der Waals surface area contributed by atoms with Gasteiger partial charge in [-0.05, 0) is 54.8 Å². The molecule has 1 aliphatic rings. The number of carbonyl (C=O) groups is 2. The fraction of sp³-hybridized carbons (Fsp3) is 0.219. The predicted molar refractivity (Wildman–Crippen MR) is 163 cm³/mol. The highest BCUT2D eigenvalue weighted by atomic mass is 35.5. The maximum Gasteiger partial charge on any atom is 0.416 e. The fourth-order valence-electron chi connectivity index (χ4n) is 4.64. The molecule has 9 nitrogen and oxygen atoms in total. The van der Waals surface area contributed by atoms with E-state index in [1.54, 1.807) is 12.1 Å². The number of nitrogens with zero attached hydrogens (tertiary/aromatic N) is 4. The van der Waals surface area contributed by atoms with Crippen molar-refractivity contribution in [3.8, 4) is 6.01 Å². The Bertz CT molecular complexity index is 1750. The molecule has 0 radical (unpaired) electrons. The van der Waals surface area contributed by atoms with Crippen LogP contribution >= 0.6 is 11.6 Å². The number of aromatic nitrogens is 2. The summed E-state index contributed by atoms with van der Waals surface area (Å²) in [7, 11) is 0. The molecule has 1 unspecified atom stereocenters. The number of hydrazone groups is 1. The zero-order valence-electron chi connectivity index (χ0n) is 24.2. The smallest absolute Gasteiger partial charge is 0.416 e. The molecule has 3 N–H and O–H groups in total. The van der Waals surface area contributed by atoms with E-state index in [2.05, 4.69) is 15.3 Å². The van der Waals surface area contributed by atoms with Crippen molar-refractivity contribution in [2.75, 3.05) is 11.6 Å². The molecule has 0 spiro atoms. The minimum Gasteiger partial charge on any atom is -0.459 e. The van der Waals surface area contributed by atoms with Gasteiger partial charge in [0.2, 0.25) is 5.91 Å². The molecule has 1 aliphatic heterocycles. The van der Waals surface area contributed by atoms with Gasteiger partial charge in [0.05, 0.1) is 17.8 Å². The third-order valence-corrected chi connectivity index (χ3v) is 7.41. The van der Waals surface area contributed by atoms with Gasteiger partial charge in [0.25, 0.3) is 5.91 Å². The van der Waals surface area contributed by atoms with Crippen molar-refractivity contribution in [3.63, 3.8) is 0 Å². The second-order valence-electron chi connectivity index (χ2n) is 10.9. The molecular formula is C32H28ClF3N6O3. The second-order valence-corrected chi connectivity index (χ2v) is 11.3. The lowest BCUT2D eigenvalue weighted by Gasteiger charge is -2.24. The summed E-state index contributed by atoms with van der Waals surface area (Å²) in [6, 6.07) is 21.3. The molecular weight excluding hydrogens is 609 g/mol. The number of carbonyl (C=O) groups excluding carboxylic acids is 2. The average Bonchev–Trinajstić information content (AvgIpc) is 3.46. The van der Waals surface area contributed by atoms with Crippen LogP contribution in [-0.4, -0.2) is 39.6 Å². The molecule has 1 aromatic heterocycles. The van der Waals surface area contributed by atoms with Crippen LogP contribution in [0.2, 0.25) is 5.02 Å². The van der Waals surface area contributed by atoms with Gasteiger partial charge in [0.15, 0.2) is 5.82 Å². The molecule has 0 fully saturated rings. The van der Waals surface area contributed by atoms with Gasteiger partial charge in [0.1, 0.15) is 17.7 Å². The molecule has 45 heavy (non-hydrogen) atoms. The summed E-state index contributed by atoms with van der Waals surface area (Å²) in [6.45, 7) is 2.91. The molecule has 2 amide bonds. The van der Waals surface area contributed by atoms with Crippen molar-refractivity contribution in [2.24, 2.45) is 10.8 Å². The van der Waals surface area contributed by atoms with Gasteiger partial charge in [-0.2, -0.15) is 23.3 Å². The van der Waals surface area contributed by atoms with Crippen molar-refractivity contribution in [1.29, 1.82) is 0 Å². The maximum atomic E-state index is 13.5. The first-order valence-electron chi connectivity index (χ1n) is 13.8. The topological polar surface area (TPSA) is 123 Å². The monoisotopic (exact) mass is 636 g/mol. The zero-order valence-corrected chi connectivity index (χ0v) is 24.9. The number of primary amides is 1. The SMILES string of the molecule is CC(C)(NC(=O)c1cnc(OCc2cccc(C(F)(F)F)c2)nc1N1CC(c2ccccc2)C(c2ccc(Cl)cc2)=N1)C(N)=O. The van der Waals surface area contributed by atoms with E-state index in [-0.39, 0.29) is 42.0 Å². The first-order valence-corrected chi connectivity index (χ1v) is 14.1. The number of amides is 2. The minimum absolute atomic E-state index is 0.0244. The van der Waals surface area contributed by atoms with Crippen molar-refractivity contribution in [1.82, 2.24) is 15.3 Å². The largest absolute Gasteiger partial charge is 0.459 e. The summed E-state index contributed by atoms with van der Waals surface area (Å²) >= 11 is 6.14. The number of ether oxygens (including phenoxy) is 1. The summed E-state index contributed by atoms with van der Waals surface area (Å²) in [4.78, 5) is 34.0. The molecule has 3 aromatic carbocycles. The highest BCUT2D eigenvalue weighted by Gasteiger charge is 2.35. The minimum atomic E-state index is -4.52. The Labute approximate surface area is 261 Å². The fourth-order valence-corrected chi connectivity index (χ4v) is 4.77. The van der Waals surface area contributed by atoms with Gasteiger partial charge < -0.3 is 15.8 Å². The van der Waals surface area contributed by atoms with Crippen LogP contribution in [0.1, 0.15) is 52.4 Å². The van der Waals surface area contributed by atoms with Crippen molar-refractivity contribution in [3.05, 3.63) is 118 Å². The van der Waals surface area contributed by atoms with Crippen LogP contribution in [0.15, 0.2) is 90.2 Å². The Morgan fingerprint density at radius 3 is 2.42 bits per heavy atom. The molecule has 5 rings (SSSR count). The first-order chi connectivity index (χ1) is 21.3.